The fraction of sp³-hybridized carbons (Fsp3) is 0.926. The van der Waals surface area contributed by atoms with Crippen molar-refractivity contribution in [2.45, 2.75) is 96.2 Å². The first kappa shape index (κ1) is 22.0. The van der Waals surface area contributed by atoms with Crippen molar-refractivity contribution >= 4 is 0 Å². The molecule has 12 atom stereocenters. The SMILES string of the molecule is C[C@H]1[C@H]2[C@H](C[C@H]3[C@@H]4CC=C5CC(O)CC(O)[C@]5(C)[C@H]4CC[C@]23C)O[C@]12CCC(CO)CO2. The molecule has 2 aliphatic heterocycles. The van der Waals surface area contributed by atoms with Gasteiger partial charge in [-0.15, -0.1) is 0 Å². The number of allylic oxidation sites excluding steroid dienone is 1. The third-order valence-electron chi connectivity index (χ3n) is 11.6. The van der Waals surface area contributed by atoms with E-state index in [0.29, 0.717) is 42.6 Å². The zero-order chi connectivity index (χ0) is 22.5. The number of aliphatic hydroxyl groups is 3. The minimum absolute atomic E-state index is 0.180. The molecular formula is C27H42O5. The molecule has 5 heteroatoms. The second-order valence-electron chi connectivity index (χ2n) is 12.7. The quantitative estimate of drug-likeness (QED) is 0.536. The number of fused-ring (bicyclic) bond motifs is 7. The zero-order valence-electron chi connectivity index (χ0n) is 20.0. The lowest BCUT2D eigenvalue weighted by atomic mass is 9.46. The van der Waals surface area contributed by atoms with E-state index >= 15 is 0 Å². The van der Waals surface area contributed by atoms with Gasteiger partial charge in [-0.05, 0) is 67.6 Å². The molecule has 2 heterocycles. The smallest absolute Gasteiger partial charge is 0.171 e. The predicted molar refractivity (Wildman–Crippen MR) is 121 cm³/mol. The molecule has 3 unspecified atom stereocenters. The first-order chi connectivity index (χ1) is 15.2. The van der Waals surface area contributed by atoms with Crippen molar-refractivity contribution in [2.24, 2.45) is 46.3 Å². The molecule has 32 heavy (non-hydrogen) atoms. The monoisotopic (exact) mass is 446 g/mol. The van der Waals surface area contributed by atoms with E-state index in [-0.39, 0.29) is 29.5 Å². The molecule has 180 valence electrons. The molecule has 0 aromatic rings. The van der Waals surface area contributed by atoms with E-state index in [1.165, 1.54) is 12.0 Å². The summed E-state index contributed by atoms with van der Waals surface area (Å²) in [6.07, 6.45) is 9.50. The van der Waals surface area contributed by atoms with Crippen LogP contribution in [-0.2, 0) is 9.47 Å². The first-order valence-electron chi connectivity index (χ1n) is 13.2. The highest BCUT2D eigenvalue weighted by atomic mass is 16.7. The van der Waals surface area contributed by atoms with Gasteiger partial charge in [-0.25, -0.2) is 0 Å². The molecule has 0 aromatic carbocycles. The van der Waals surface area contributed by atoms with E-state index < -0.39 is 18.0 Å². The fourth-order valence-corrected chi connectivity index (χ4v) is 9.80. The van der Waals surface area contributed by atoms with E-state index in [1.54, 1.807) is 0 Å². The molecule has 2 saturated heterocycles. The second kappa shape index (κ2) is 7.27. The van der Waals surface area contributed by atoms with Gasteiger partial charge < -0.3 is 24.8 Å². The Hall–Kier alpha value is -0.460. The summed E-state index contributed by atoms with van der Waals surface area (Å²) in [4.78, 5) is 0. The highest BCUT2D eigenvalue weighted by Crippen LogP contribution is 2.70. The normalized spacial score (nSPS) is 59.2. The van der Waals surface area contributed by atoms with Crippen LogP contribution in [0.15, 0.2) is 11.6 Å². The van der Waals surface area contributed by atoms with E-state index in [0.717, 1.165) is 38.5 Å². The molecule has 0 aromatic heterocycles. The Balaban J connectivity index is 1.27. The maximum atomic E-state index is 11.1. The van der Waals surface area contributed by atoms with Crippen LogP contribution in [0.4, 0.5) is 0 Å². The highest BCUT2D eigenvalue weighted by molar-refractivity contribution is 5.28. The van der Waals surface area contributed by atoms with Crippen LogP contribution in [0.3, 0.4) is 0 Å². The van der Waals surface area contributed by atoms with Crippen molar-refractivity contribution in [1.82, 2.24) is 0 Å². The van der Waals surface area contributed by atoms with Crippen LogP contribution in [-0.4, -0.2) is 52.6 Å². The first-order valence-corrected chi connectivity index (χ1v) is 13.2. The van der Waals surface area contributed by atoms with Crippen LogP contribution >= 0.6 is 0 Å². The van der Waals surface area contributed by atoms with Gasteiger partial charge in [0.1, 0.15) is 0 Å². The number of aliphatic hydroxyl groups excluding tert-OH is 3. The molecule has 0 bridgehead atoms. The number of hydrogen-bond donors (Lipinski definition) is 3. The van der Waals surface area contributed by atoms with E-state index in [2.05, 4.69) is 26.8 Å². The highest BCUT2D eigenvalue weighted by Gasteiger charge is 2.69. The standard InChI is InChI=1S/C27H42O5/c1-15-24-22(32-27(15)9-6-16(13-28)14-31-27)12-21-19-5-4-17-10-18(29)11-23(30)26(17,3)20(19)7-8-25(21,24)2/h4,15-16,18-24,28-30H,5-14H2,1-3H3/t15-,16?,18?,19+,20-,21-,22-,23?,24-,25-,26-,27+/m0/s1. The van der Waals surface area contributed by atoms with Crippen molar-refractivity contribution in [3.63, 3.8) is 0 Å². The molecule has 1 spiro atoms. The van der Waals surface area contributed by atoms with Crippen molar-refractivity contribution in [3.8, 4) is 0 Å². The molecule has 0 radical (unpaired) electrons. The summed E-state index contributed by atoms with van der Waals surface area (Å²) in [7, 11) is 0. The van der Waals surface area contributed by atoms with Gasteiger partial charge in [0, 0.05) is 36.7 Å². The average molecular weight is 447 g/mol. The van der Waals surface area contributed by atoms with Gasteiger partial charge in [0.15, 0.2) is 5.79 Å². The summed E-state index contributed by atoms with van der Waals surface area (Å²) < 4.78 is 13.2. The van der Waals surface area contributed by atoms with Gasteiger partial charge >= 0.3 is 0 Å². The summed E-state index contributed by atoms with van der Waals surface area (Å²) in [5, 5.41) is 30.9. The summed E-state index contributed by atoms with van der Waals surface area (Å²) in [5.74, 6) is 2.42. The van der Waals surface area contributed by atoms with Gasteiger partial charge in [0.05, 0.1) is 24.9 Å². The van der Waals surface area contributed by atoms with Crippen LogP contribution in [0.25, 0.3) is 0 Å². The van der Waals surface area contributed by atoms with Crippen molar-refractivity contribution in [1.29, 1.82) is 0 Å². The minimum atomic E-state index is -0.451. The van der Waals surface area contributed by atoms with Gasteiger partial charge in [0.2, 0.25) is 0 Å². The summed E-state index contributed by atoms with van der Waals surface area (Å²) in [5.41, 5.74) is 1.39. The van der Waals surface area contributed by atoms with Crippen LogP contribution in [0, 0.1) is 46.3 Å². The molecule has 6 rings (SSSR count). The Labute approximate surface area is 192 Å². The van der Waals surface area contributed by atoms with Crippen molar-refractivity contribution in [2.75, 3.05) is 13.2 Å². The maximum absolute atomic E-state index is 11.1. The second-order valence-corrected chi connectivity index (χ2v) is 12.7. The number of ether oxygens (including phenoxy) is 2. The topological polar surface area (TPSA) is 79.2 Å². The summed E-state index contributed by atoms with van der Waals surface area (Å²) in [6.45, 7) is 7.99. The molecule has 3 saturated carbocycles. The maximum Gasteiger partial charge on any atom is 0.171 e. The van der Waals surface area contributed by atoms with Crippen LogP contribution < -0.4 is 0 Å². The molecule has 5 fully saturated rings. The number of rotatable bonds is 1. The number of hydrogen-bond acceptors (Lipinski definition) is 5. The Morgan fingerprint density at radius 1 is 1.09 bits per heavy atom. The van der Waals surface area contributed by atoms with Gasteiger partial charge in [-0.1, -0.05) is 32.4 Å². The molecular weight excluding hydrogens is 404 g/mol. The lowest BCUT2D eigenvalue weighted by Crippen LogP contribution is -2.56. The summed E-state index contributed by atoms with van der Waals surface area (Å²) >= 11 is 0. The Kier molecular flexibility index (Phi) is 5.01. The molecule has 6 aliphatic rings. The van der Waals surface area contributed by atoms with Gasteiger partial charge in [-0.3, -0.25) is 0 Å². The van der Waals surface area contributed by atoms with E-state index in [9.17, 15) is 15.3 Å². The Bertz CT molecular complexity index is 787. The molecule has 3 N–H and O–H groups in total. The molecule has 4 aliphatic carbocycles. The third kappa shape index (κ3) is 2.75. The average Bonchev–Trinajstić information content (AvgIpc) is 3.20. The molecule has 0 amide bonds. The van der Waals surface area contributed by atoms with Gasteiger partial charge in [-0.2, -0.15) is 0 Å². The van der Waals surface area contributed by atoms with Crippen molar-refractivity contribution in [3.05, 3.63) is 11.6 Å². The van der Waals surface area contributed by atoms with E-state index in [4.69, 9.17) is 9.47 Å². The lowest BCUT2D eigenvalue weighted by Gasteiger charge is -2.59. The third-order valence-corrected chi connectivity index (χ3v) is 11.6. The zero-order valence-corrected chi connectivity index (χ0v) is 20.0. The van der Waals surface area contributed by atoms with Crippen LogP contribution in [0.5, 0.6) is 0 Å². The van der Waals surface area contributed by atoms with Crippen molar-refractivity contribution < 1.29 is 24.8 Å². The predicted octanol–water partition coefficient (Wildman–Crippen LogP) is 3.66. The van der Waals surface area contributed by atoms with Crippen LogP contribution in [0.2, 0.25) is 0 Å². The summed E-state index contributed by atoms with van der Waals surface area (Å²) in [6, 6.07) is 0. The molecule has 5 nitrogen and oxygen atoms in total. The lowest BCUT2D eigenvalue weighted by molar-refractivity contribution is -0.275. The largest absolute Gasteiger partial charge is 0.396 e. The van der Waals surface area contributed by atoms with Gasteiger partial charge in [0.25, 0.3) is 0 Å². The minimum Gasteiger partial charge on any atom is -0.396 e. The van der Waals surface area contributed by atoms with E-state index in [1.807, 2.05) is 0 Å². The Morgan fingerprint density at radius 2 is 1.91 bits per heavy atom. The fourth-order valence-electron chi connectivity index (χ4n) is 9.80. The van der Waals surface area contributed by atoms with Crippen LogP contribution in [0.1, 0.15) is 72.1 Å². The Morgan fingerprint density at radius 3 is 2.62 bits per heavy atom.